The Morgan fingerprint density at radius 3 is 2.48 bits per heavy atom. The van der Waals surface area contributed by atoms with Crippen molar-refractivity contribution < 1.29 is 19.1 Å². The van der Waals surface area contributed by atoms with E-state index in [4.69, 9.17) is 9.52 Å². The number of aryl methyl sites for hydroxylation is 1. The van der Waals surface area contributed by atoms with Crippen molar-refractivity contribution in [3.63, 3.8) is 0 Å². The van der Waals surface area contributed by atoms with Gasteiger partial charge in [-0.1, -0.05) is 6.92 Å². The average Bonchev–Trinajstić information content (AvgIpc) is 3.22. The van der Waals surface area contributed by atoms with E-state index in [9.17, 15) is 9.59 Å². The normalized spacial score (nSPS) is 17.4. The molecule has 5 heteroatoms. The summed E-state index contributed by atoms with van der Waals surface area (Å²) in [4.78, 5) is 25.4. The SMILES string of the molecule is CCc1ccc(C2CCCN2C(=O)c2ccc(C(=O)O)cc2)o1. The molecule has 0 saturated carbocycles. The lowest BCUT2D eigenvalue weighted by Gasteiger charge is -2.23. The zero-order valence-corrected chi connectivity index (χ0v) is 13.0. The third kappa shape index (κ3) is 2.99. The van der Waals surface area contributed by atoms with Gasteiger partial charge in [0.2, 0.25) is 0 Å². The van der Waals surface area contributed by atoms with Gasteiger partial charge in [-0.15, -0.1) is 0 Å². The second kappa shape index (κ2) is 6.28. The van der Waals surface area contributed by atoms with Gasteiger partial charge in [-0.3, -0.25) is 4.79 Å². The monoisotopic (exact) mass is 313 g/mol. The maximum Gasteiger partial charge on any atom is 0.335 e. The van der Waals surface area contributed by atoms with Crippen LogP contribution in [0.5, 0.6) is 0 Å². The molecule has 23 heavy (non-hydrogen) atoms. The summed E-state index contributed by atoms with van der Waals surface area (Å²) in [6, 6.07) is 9.93. The molecule has 120 valence electrons. The fourth-order valence-corrected chi connectivity index (χ4v) is 2.99. The highest BCUT2D eigenvalue weighted by atomic mass is 16.4. The van der Waals surface area contributed by atoms with Gasteiger partial charge >= 0.3 is 5.97 Å². The van der Waals surface area contributed by atoms with Gasteiger partial charge in [0.15, 0.2) is 0 Å². The first-order valence-corrected chi connectivity index (χ1v) is 7.83. The van der Waals surface area contributed by atoms with Crippen LogP contribution < -0.4 is 0 Å². The molecule has 5 nitrogen and oxygen atoms in total. The summed E-state index contributed by atoms with van der Waals surface area (Å²) in [6.07, 6.45) is 2.65. The molecule has 1 atom stereocenters. The Hall–Kier alpha value is -2.56. The molecule has 1 aliphatic rings. The lowest BCUT2D eigenvalue weighted by molar-refractivity contribution is 0.0690. The van der Waals surface area contributed by atoms with Crippen LogP contribution in [0.2, 0.25) is 0 Å². The number of amides is 1. The zero-order valence-electron chi connectivity index (χ0n) is 13.0. The molecule has 1 N–H and O–H groups in total. The number of likely N-dealkylation sites (tertiary alicyclic amines) is 1. The van der Waals surface area contributed by atoms with Crippen molar-refractivity contribution in [1.29, 1.82) is 0 Å². The van der Waals surface area contributed by atoms with E-state index >= 15 is 0 Å². The van der Waals surface area contributed by atoms with Gasteiger partial charge < -0.3 is 14.4 Å². The quantitative estimate of drug-likeness (QED) is 0.937. The smallest absolute Gasteiger partial charge is 0.335 e. The number of carboxylic acids is 1. The van der Waals surface area contributed by atoms with Crippen molar-refractivity contribution in [2.45, 2.75) is 32.2 Å². The first-order valence-electron chi connectivity index (χ1n) is 7.83. The van der Waals surface area contributed by atoms with Gasteiger partial charge in [0, 0.05) is 18.5 Å². The Bertz CT molecular complexity index is 717. The molecule has 0 bridgehead atoms. The second-order valence-corrected chi connectivity index (χ2v) is 5.70. The topological polar surface area (TPSA) is 70.8 Å². The van der Waals surface area contributed by atoms with Gasteiger partial charge in [-0.2, -0.15) is 0 Å². The van der Waals surface area contributed by atoms with E-state index in [2.05, 4.69) is 0 Å². The number of hydrogen-bond donors (Lipinski definition) is 1. The molecule has 2 heterocycles. The van der Waals surface area contributed by atoms with Crippen LogP contribution in [-0.4, -0.2) is 28.4 Å². The van der Waals surface area contributed by atoms with Gasteiger partial charge in [0.1, 0.15) is 11.5 Å². The third-order valence-corrected chi connectivity index (χ3v) is 4.25. The second-order valence-electron chi connectivity index (χ2n) is 5.70. The summed E-state index contributed by atoms with van der Waals surface area (Å²) < 4.78 is 5.81. The minimum absolute atomic E-state index is 0.0399. The fraction of sp³-hybridized carbons (Fsp3) is 0.333. The molecular weight excluding hydrogens is 294 g/mol. The first kappa shape index (κ1) is 15.3. The van der Waals surface area contributed by atoms with Crippen LogP contribution in [0.1, 0.15) is 58.0 Å². The number of rotatable bonds is 4. The lowest BCUT2D eigenvalue weighted by atomic mass is 10.1. The summed E-state index contributed by atoms with van der Waals surface area (Å²) >= 11 is 0. The number of carboxylic acid groups (broad SMARTS) is 1. The minimum atomic E-state index is -0.995. The summed E-state index contributed by atoms with van der Waals surface area (Å²) in [6.45, 7) is 2.72. The van der Waals surface area contributed by atoms with Crippen LogP contribution in [0.3, 0.4) is 0 Å². The molecule has 0 radical (unpaired) electrons. The number of hydrogen-bond acceptors (Lipinski definition) is 3. The predicted molar refractivity (Wildman–Crippen MR) is 84.5 cm³/mol. The first-order chi connectivity index (χ1) is 11.1. The van der Waals surface area contributed by atoms with Crippen molar-refractivity contribution in [3.8, 4) is 0 Å². The number of furan rings is 1. The van der Waals surface area contributed by atoms with E-state index in [1.165, 1.54) is 12.1 Å². The molecule has 1 aromatic carbocycles. The van der Waals surface area contributed by atoms with Gasteiger partial charge in [-0.25, -0.2) is 4.79 Å². The summed E-state index contributed by atoms with van der Waals surface area (Å²) in [5.74, 6) is 0.671. The van der Waals surface area contributed by atoms with Crippen LogP contribution in [0.4, 0.5) is 0 Å². The van der Waals surface area contributed by atoms with Crippen LogP contribution in [0, 0.1) is 0 Å². The van der Waals surface area contributed by atoms with Crippen molar-refractivity contribution in [2.24, 2.45) is 0 Å². The molecule has 1 aromatic heterocycles. The van der Waals surface area contributed by atoms with E-state index in [1.54, 1.807) is 12.1 Å². The summed E-state index contributed by atoms with van der Waals surface area (Å²) in [5.41, 5.74) is 0.683. The van der Waals surface area contributed by atoms with Gasteiger partial charge in [0.25, 0.3) is 5.91 Å². The molecule has 1 aliphatic heterocycles. The Morgan fingerprint density at radius 2 is 1.87 bits per heavy atom. The van der Waals surface area contributed by atoms with E-state index in [-0.39, 0.29) is 17.5 Å². The minimum Gasteiger partial charge on any atom is -0.478 e. The standard InChI is InChI=1S/C18H19NO4/c1-2-14-9-10-16(23-14)15-4-3-11-19(15)17(20)12-5-7-13(8-6-12)18(21)22/h5-10,15H,2-4,11H2,1H3,(H,21,22). The number of aromatic carboxylic acids is 1. The third-order valence-electron chi connectivity index (χ3n) is 4.25. The highest BCUT2D eigenvalue weighted by Gasteiger charge is 2.32. The highest BCUT2D eigenvalue weighted by molar-refractivity contribution is 5.96. The Labute approximate surface area is 134 Å². The van der Waals surface area contributed by atoms with Crippen LogP contribution in [-0.2, 0) is 6.42 Å². The molecular formula is C18H19NO4. The van der Waals surface area contributed by atoms with Crippen molar-refractivity contribution >= 4 is 11.9 Å². The molecule has 1 fully saturated rings. The number of nitrogens with zero attached hydrogens (tertiary/aromatic N) is 1. The molecule has 3 rings (SSSR count). The van der Waals surface area contributed by atoms with Crippen LogP contribution in [0.15, 0.2) is 40.8 Å². The van der Waals surface area contributed by atoms with E-state index < -0.39 is 5.97 Å². The zero-order chi connectivity index (χ0) is 16.4. The molecule has 1 amide bonds. The summed E-state index contributed by atoms with van der Waals surface area (Å²) in [7, 11) is 0. The molecule has 1 unspecified atom stereocenters. The fourth-order valence-electron chi connectivity index (χ4n) is 2.99. The van der Waals surface area contributed by atoms with Crippen LogP contribution >= 0.6 is 0 Å². The number of carbonyl (C=O) groups excluding carboxylic acids is 1. The average molecular weight is 313 g/mol. The lowest BCUT2D eigenvalue weighted by Crippen LogP contribution is -2.30. The van der Waals surface area contributed by atoms with E-state index in [0.29, 0.717) is 12.1 Å². The Kier molecular flexibility index (Phi) is 4.19. The maximum absolute atomic E-state index is 12.7. The van der Waals surface area contributed by atoms with Crippen molar-refractivity contribution in [3.05, 3.63) is 59.0 Å². The maximum atomic E-state index is 12.7. The van der Waals surface area contributed by atoms with Gasteiger partial charge in [0.05, 0.1) is 11.6 Å². The molecule has 0 spiro atoms. The number of benzene rings is 1. The molecule has 0 aliphatic carbocycles. The van der Waals surface area contributed by atoms with E-state index in [1.807, 2.05) is 24.0 Å². The van der Waals surface area contributed by atoms with Crippen molar-refractivity contribution in [2.75, 3.05) is 6.54 Å². The summed E-state index contributed by atoms with van der Waals surface area (Å²) in [5, 5.41) is 8.93. The van der Waals surface area contributed by atoms with Gasteiger partial charge in [-0.05, 0) is 49.2 Å². The highest BCUT2D eigenvalue weighted by Crippen LogP contribution is 2.34. The Morgan fingerprint density at radius 1 is 1.17 bits per heavy atom. The van der Waals surface area contributed by atoms with Crippen LogP contribution in [0.25, 0.3) is 0 Å². The predicted octanol–water partition coefficient (Wildman–Crippen LogP) is 3.52. The van der Waals surface area contributed by atoms with Crippen molar-refractivity contribution in [1.82, 2.24) is 4.90 Å². The Balaban J connectivity index is 1.81. The molecule has 1 saturated heterocycles. The largest absolute Gasteiger partial charge is 0.478 e. The van der Waals surface area contributed by atoms with E-state index in [0.717, 1.165) is 30.8 Å². The molecule has 2 aromatic rings. The number of carbonyl (C=O) groups is 2.